The summed E-state index contributed by atoms with van der Waals surface area (Å²) >= 11 is 0. The maximum Gasteiger partial charge on any atom is 0.215 e. The summed E-state index contributed by atoms with van der Waals surface area (Å²) in [4.78, 5) is 12.1. The van der Waals surface area contributed by atoms with Crippen LogP contribution in [0.3, 0.4) is 0 Å². The molecule has 4 nitrogen and oxygen atoms in total. The molecular formula is C12H17N3O. The zero-order valence-corrected chi connectivity index (χ0v) is 10.2. The summed E-state index contributed by atoms with van der Waals surface area (Å²) < 4.78 is 5.08. The van der Waals surface area contributed by atoms with Gasteiger partial charge in [0.1, 0.15) is 5.82 Å². The van der Waals surface area contributed by atoms with Crippen molar-refractivity contribution in [3.05, 3.63) is 18.0 Å². The minimum absolute atomic E-state index is 0.0495. The number of H-pyrrole nitrogens is 1. The van der Waals surface area contributed by atoms with Gasteiger partial charge in [0, 0.05) is 11.5 Å². The van der Waals surface area contributed by atoms with Gasteiger partial charge in [0.25, 0.3) is 0 Å². The van der Waals surface area contributed by atoms with Gasteiger partial charge >= 0.3 is 0 Å². The molecule has 0 aliphatic rings. The molecule has 0 aromatic carbocycles. The zero-order chi connectivity index (χ0) is 11.8. The maximum atomic E-state index is 5.08. The van der Waals surface area contributed by atoms with Crippen molar-refractivity contribution in [2.75, 3.05) is 7.11 Å². The van der Waals surface area contributed by atoms with Crippen LogP contribution < -0.4 is 4.74 Å². The molecule has 0 atom stereocenters. The number of nitrogens with zero attached hydrogens (tertiary/aromatic N) is 2. The monoisotopic (exact) mass is 219 g/mol. The van der Waals surface area contributed by atoms with Crippen LogP contribution in [-0.2, 0) is 5.41 Å². The molecule has 2 aromatic rings. The number of nitrogens with one attached hydrogen (secondary N) is 1. The third-order valence-electron chi connectivity index (χ3n) is 3.05. The number of aromatic nitrogens is 3. The summed E-state index contributed by atoms with van der Waals surface area (Å²) in [5.41, 5.74) is 1.72. The first-order chi connectivity index (χ1) is 7.56. The van der Waals surface area contributed by atoms with Crippen molar-refractivity contribution in [3.63, 3.8) is 0 Å². The highest BCUT2D eigenvalue weighted by molar-refractivity contribution is 5.71. The molecule has 0 saturated heterocycles. The van der Waals surface area contributed by atoms with Crippen LogP contribution in [0.15, 0.2) is 12.1 Å². The molecule has 1 N–H and O–H groups in total. The number of pyridine rings is 1. The minimum atomic E-state index is 0.0495. The summed E-state index contributed by atoms with van der Waals surface area (Å²) in [6.07, 6.45) is 1.03. The van der Waals surface area contributed by atoms with E-state index in [-0.39, 0.29) is 5.41 Å². The van der Waals surface area contributed by atoms with Crippen molar-refractivity contribution in [1.29, 1.82) is 0 Å². The fourth-order valence-electron chi connectivity index (χ4n) is 1.48. The molecule has 2 aromatic heterocycles. The molecule has 2 heterocycles. The number of aromatic amines is 1. The van der Waals surface area contributed by atoms with Crippen molar-refractivity contribution in [3.8, 4) is 5.88 Å². The minimum Gasteiger partial charge on any atom is -0.481 e. The number of methoxy groups -OCH3 is 1. The molecular weight excluding hydrogens is 202 g/mol. The number of fused-ring (bicyclic) bond motifs is 1. The van der Waals surface area contributed by atoms with Gasteiger partial charge in [-0.3, -0.25) is 0 Å². The lowest BCUT2D eigenvalue weighted by molar-refractivity contribution is 0.399. The Morgan fingerprint density at radius 3 is 2.69 bits per heavy atom. The molecule has 2 rings (SSSR count). The van der Waals surface area contributed by atoms with Gasteiger partial charge < -0.3 is 9.72 Å². The predicted molar refractivity (Wildman–Crippen MR) is 63.8 cm³/mol. The van der Waals surface area contributed by atoms with Crippen molar-refractivity contribution < 1.29 is 4.74 Å². The van der Waals surface area contributed by atoms with E-state index in [4.69, 9.17) is 4.74 Å². The number of imidazole rings is 1. The van der Waals surface area contributed by atoms with Crippen LogP contribution in [-0.4, -0.2) is 22.1 Å². The van der Waals surface area contributed by atoms with Gasteiger partial charge in [0.05, 0.1) is 12.6 Å². The molecule has 0 amide bonds. The average Bonchev–Trinajstić information content (AvgIpc) is 2.72. The predicted octanol–water partition coefficient (Wildman–Crippen LogP) is 2.65. The van der Waals surface area contributed by atoms with Gasteiger partial charge in [0.2, 0.25) is 5.88 Å². The highest BCUT2D eigenvalue weighted by Gasteiger charge is 2.22. The Kier molecular flexibility index (Phi) is 2.58. The average molecular weight is 219 g/mol. The first kappa shape index (κ1) is 10.9. The Balaban J connectivity index is 2.52. The lowest BCUT2D eigenvalue weighted by Gasteiger charge is -2.18. The van der Waals surface area contributed by atoms with Gasteiger partial charge in [-0.05, 0) is 12.5 Å². The molecule has 0 radical (unpaired) electrons. The van der Waals surface area contributed by atoms with Crippen molar-refractivity contribution in [1.82, 2.24) is 15.0 Å². The molecule has 0 aliphatic heterocycles. The summed E-state index contributed by atoms with van der Waals surface area (Å²) in [5.74, 6) is 1.57. The summed E-state index contributed by atoms with van der Waals surface area (Å²) in [7, 11) is 1.61. The fourth-order valence-corrected chi connectivity index (χ4v) is 1.48. The Morgan fingerprint density at radius 1 is 1.31 bits per heavy atom. The van der Waals surface area contributed by atoms with Crippen molar-refractivity contribution >= 4 is 11.2 Å². The molecule has 4 heteroatoms. The Morgan fingerprint density at radius 2 is 2.06 bits per heavy atom. The van der Waals surface area contributed by atoms with E-state index in [1.165, 1.54) is 0 Å². The number of ether oxygens (including phenoxy) is 1. The highest BCUT2D eigenvalue weighted by atomic mass is 16.5. The van der Waals surface area contributed by atoms with Crippen molar-refractivity contribution in [2.24, 2.45) is 0 Å². The van der Waals surface area contributed by atoms with Crippen LogP contribution in [0.4, 0.5) is 0 Å². The third kappa shape index (κ3) is 1.75. The second-order valence-corrected chi connectivity index (χ2v) is 4.55. The molecule has 86 valence electrons. The molecule has 0 aliphatic carbocycles. The van der Waals surface area contributed by atoms with Crippen LogP contribution in [0, 0.1) is 0 Å². The smallest absolute Gasteiger partial charge is 0.215 e. The van der Waals surface area contributed by atoms with E-state index in [0.717, 1.165) is 23.4 Å². The molecule has 16 heavy (non-hydrogen) atoms. The number of hydrogen-bond donors (Lipinski definition) is 1. The molecule has 0 unspecified atom stereocenters. The Bertz CT molecular complexity index is 502. The number of hydrogen-bond acceptors (Lipinski definition) is 3. The van der Waals surface area contributed by atoms with Gasteiger partial charge in [-0.2, -0.15) is 4.98 Å². The summed E-state index contributed by atoms with van der Waals surface area (Å²) in [6.45, 7) is 6.49. The largest absolute Gasteiger partial charge is 0.481 e. The SMILES string of the molecule is CCC(C)(C)c1nc2nc(OC)ccc2[nH]1. The summed E-state index contributed by atoms with van der Waals surface area (Å²) in [6, 6.07) is 3.78. The third-order valence-corrected chi connectivity index (χ3v) is 3.05. The van der Waals surface area contributed by atoms with Crippen molar-refractivity contribution in [2.45, 2.75) is 32.6 Å². The van der Waals surface area contributed by atoms with Crippen LogP contribution >= 0.6 is 0 Å². The van der Waals surface area contributed by atoms with Crippen LogP contribution in [0.25, 0.3) is 11.2 Å². The Hall–Kier alpha value is -1.58. The summed E-state index contributed by atoms with van der Waals surface area (Å²) in [5, 5.41) is 0. The zero-order valence-electron chi connectivity index (χ0n) is 10.2. The fraction of sp³-hybridized carbons (Fsp3) is 0.500. The number of rotatable bonds is 3. The second kappa shape index (κ2) is 3.77. The second-order valence-electron chi connectivity index (χ2n) is 4.55. The lowest BCUT2D eigenvalue weighted by Crippen LogP contribution is -2.17. The molecule has 0 fully saturated rings. The standard InChI is InChI=1S/C12H17N3O/c1-5-12(2,3)11-13-8-6-7-9(16-4)14-10(8)15-11/h6-7H,5H2,1-4H3,(H,13,14,15). The van der Waals surface area contributed by atoms with E-state index in [9.17, 15) is 0 Å². The maximum absolute atomic E-state index is 5.08. The molecule has 0 spiro atoms. The van der Waals surface area contributed by atoms with Crippen LogP contribution in [0.1, 0.15) is 33.0 Å². The van der Waals surface area contributed by atoms with Gasteiger partial charge in [0.15, 0.2) is 5.65 Å². The van der Waals surface area contributed by atoms with E-state index in [0.29, 0.717) is 5.88 Å². The van der Waals surface area contributed by atoms with E-state index < -0.39 is 0 Å². The van der Waals surface area contributed by atoms with E-state index in [2.05, 4.69) is 35.7 Å². The topological polar surface area (TPSA) is 50.8 Å². The van der Waals surface area contributed by atoms with Crippen LogP contribution in [0.5, 0.6) is 5.88 Å². The Labute approximate surface area is 95.1 Å². The molecule has 0 saturated carbocycles. The molecule has 0 bridgehead atoms. The first-order valence-corrected chi connectivity index (χ1v) is 5.48. The van der Waals surface area contributed by atoms with Gasteiger partial charge in [-0.1, -0.05) is 20.8 Å². The highest BCUT2D eigenvalue weighted by Crippen LogP contribution is 2.26. The quantitative estimate of drug-likeness (QED) is 0.863. The van der Waals surface area contributed by atoms with Gasteiger partial charge in [-0.25, -0.2) is 4.98 Å². The first-order valence-electron chi connectivity index (χ1n) is 5.48. The van der Waals surface area contributed by atoms with E-state index in [1.807, 2.05) is 12.1 Å². The lowest BCUT2D eigenvalue weighted by atomic mass is 9.90. The normalized spacial score (nSPS) is 12.0. The van der Waals surface area contributed by atoms with E-state index >= 15 is 0 Å². The van der Waals surface area contributed by atoms with E-state index in [1.54, 1.807) is 7.11 Å². The van der Waals surface area contributed by atoms with Crippen LogP contribution in [0.2, 0.25) is 0 Å². The van der Waals surface area contributed by atoms with Gasteiger partial charge in [-0.15, -0.1) is 0 Å².